The molecule has 1 aromatic heterocycles. The number of hydrogen-bond donors (Lipinski definition) is 2. The summed E-state index contributed by atoms with van der Waals surface area (Å²) in [6.07, 6.45) is -0.688. The summed E-state index contributed by atoms with van der Waals surface area (Å²) in [5.74, 6) is -0.610. The molecule has 2 aliphatic heterocycles. The number of alkyl halides is 3. The van der Waals surface area contributed by atoms with Crippen LogP contribution in [0.4, 0.5) is 29.3 Å². The van der Waals surface area contributed by atoms with Crippen LogP contribution >= 0.6 is 0 Å². The van der Waals surface area contributed by atoms with Crippen LogP contribution in [0.3, 0.4) is 0 Å². The summed E-state index contributed by atoms with van der Waals surface area (Å²) >= 11 is 0. The Bertz CT molecular complexity index is 1750. The number of piperidine rings is 1. The van der Waals surface area contributed by atoms with Crippen molar-refractivity contribution in [2.24, 2.45) is 0 Å². The highest BCUT2D eigenvalue weighted by molar-refractivity contribution is 6.10. The van der Waals surface area contributed by atoms with E-state index in [1.54, 1.807) is 11.0 Å². The lowest BCUT2D eigenvalue weighted by Crippen LogP contribution is -2.49. The molecule has 0 atom stereocenters. The fourth-order valence-electron chi connectivity index (χ4n) is 5.78. The van der Waals surface area contributed by atoms with E-state index >= 15 is 0 Å². The van der Waals surface area contributed by atoms with Crippen molar-refractivity contribution in [3.63, 3.8) is 0 Å². The Balaban J connectivity index is 1.11. The van der Waals surface area contributed by atoms with E-state index in [0.717, 1.165) is 61.2 Å². The highest BCUT2D eigenvalue weighted by Crippen LogP contribution is 2.35. The van der Waals surface area contributed by atoms with E-state index in [-0.39, 0.29) is 23.9 Å². The molecule has 0 unspecified atom stereocenters. The highest BCUT2D eigenvalue weighted by Gasteiger charge is 2.31. The largest absolute Gasteiger partial charge is 0.494 e. The number of amides is 4. The summed E-state index contributed by atoms with van der Waals surface area (Å²) in [4.78, 5) is 40.5. The van der Waals surface area contributed by atoms with Gasteiger partial charge in [0.05, 0.1) is 18.7 Å². The number of benzene rings is 3. The first-order valence-corrected chi connectivity index (χ1v) is 14.6. The molecule has 0 spiro atoms. The number of nitrogens with zero attached hydrogens (tertiary/aromatic N) is 4. The van der Waals surface area contributed by atoms with Gasteiger partial charge >= 0.3 is 12.2 Å². The van der Waals surface area contributed by atoms with E-state index in [1.165, 1.54) is 19.2 Å². The second kappa shape index (κ2) is 12.2. The number of carbonyl (C=O) groups excluding carboxylic acids is 3. The number of imide groups is 1. The number of halogens is 3. The van der Waals surface area contributed by atoms with Crippen molar-refractivity contribution in [3.8, 4) is 5.75 Å². The van der Waals surface area contributed by atoms with Gasteiger partial charge in [-0.1, -0.05) is 18.2 Å². The molecule has 45 heavy (non-hydrogen) atoms. The zero-order valence-electron chi connectivity index (χ0n) is 24.4. The number of likely N-dealkylation sites (tertiary alicyclic amines) is 1. The molecular formula is C32H31F3N6O4. The van der Waals surface area contributed by atoms with Crippen LogP contribution in [0, 0.1) is 0 Å². The number of fused-ring (bicyclic) bond motifs is 1. The number of nitrogens with one attached hydrogen (secondary N) is 2. The van der Waals surface area contributed by atoms with Crippen molar-refractivity contribution in [3.05, 3.63) is 83.6 Å². The maximum Gasteiger partial charge on any atom is 0.416 e. The van der Waals surface area contributed by atoms with E-state index in [4.69, 9.17) is 9.84 Å². The SMILES string of the molecule is COc1ccc2cn(C3CCN(Cc4ccc(N5CCC(=O)NC5=O)cc4)CC3)nc2c1NC(=O)c1cccc(C(F)(F)F)c1. The monoisotopic (exact) mass is 620 g/mol. The maximum absolute atomic E-state index is 13.2. The quantitative estimate of drug-likeness (QED) is 0.279. The molecule has 2 fully saturated rings. The van der Waals surface area contributed by atoms with Crippen molar-refractivity contribution in [2.75, 3.05) is 37.0 Å². The maximum atomic E-state index is 13.2. The fourth-order valence-corrected chi connectivity index (χ4v) is 5.78. The Morgan fingerprint density at radius 3 is 2.49 bits per heavy atom. The van der Waals surface area contributed by atoms with Crippen LogP contribution in [-0.4, -0.2) is 59.3 Å². The standard InChI is InChI=1S/C32H31F3N6O4/c1-45-26-10-7-22-19-41(38-28(22)29(26)37-30(43)21-3-2-4-23(17-21)32(33,34)35)25-11-14-39(15-12-25)18-20-5-8-24(9-6-20)40-16-13-27(42)36-31(40)44/h2-10,17,19,25H,11-16,18H2,1H3,(H,37,43)(H,36,42,44). The predicted molar refractivity (Wildman–Crippen MR) is 161 cm³/mol. The molecular weight excluding hydrogens is 589 g/mol. The smallest absolute Gasteiger partial charge is 0.416 e. The van der Waals surface area contributed by atoms with Crippen molar-refractivity contribution in [1.82, 2.24) is 20.0 Å². The minimum Gasteiger partial charge on any atom is -0.494 e. The topological polar surface area (TPSA) is 109 Å². The third kappa shape index (κ3) is 6.48. The minimum absolute atomic E-state index is 0.120. The molecule has 4 amide bonds. The van der Waals surface area contributed by atoms with Crippen LogP contribution < -0.4 is 20.3 Å². The molecule has 0 bridgehead atoms. The molecule has 2 saturated heterocycles. The summed E-state index contributed by atoms with van der Waals surface area (Å²) in [6, 6.07) is 15.3. The van der Waals surface area contributed by atoms with Crippen molar-refractivity contribution >= 4 is 40.1 Å². The van der Waals surface area contributed by atoms with Crippen LogP contribution in [0.25, 0.3) is 10.9 Å². The molecule has 0 aliphatic carbocycles. The lowest BCUT2D eigenvalue weighted by atomic mass is 10.0. The van der Waals surface area contributed by atoms with Gasteiger partial charge in [-0.05, 0) is 60.9 Å². The normalized spacial score (nSPS) is 16.6. The first kappa shape index (κ1) is 30.1. The minimum atomic E-state index is -4.57. The van der Waals surface area contributed by atoms with Crippen molar-refractivity contribution < 1.29 is 32.3 Å². The number of aromatic nitrogens is 2. The number of methoxy groups -OCH3 is 1. The second-order valence-corrected chi connectivity index (χ2v) is 11.2. The Hall–Kier alpha value is -4.91. The van der Waals surface area contributed by atoms with E-state index < -0.39 is 23.7 Å². The zero-order chi connectivity index (χ0) is 31.7. The molecule has 10 nitrogen and oxygen atoms in total. The lowest BCUT2D eigenvalue weighted by molar-refractivity contribution is -0.137. The van der Waals surface area contributed by atoms with Crippen LogP contribution in [0.15, 0.2) is 66.9 Å². The number of hydrogen-bond acceptors (Lipinski definition) is 6. The second-order valence-electron chi connectivity index (χ2n) is 11.2. The van der Waals surface area contributed by atoms with Crippen LogP contribution in [0.1, 0.15) is 46.8 Å². The van der Waals surface area contributed by atoms with Gasteiger partial charge in [0.1, 0.15) is 17.0 Å². The average Bonchev–Trinajstić information content (AvgIpc) is 3.47. The Kier molecular flexibility index (Phi) is 8.19. The summed E-state index contributed by atoms with van der Waals surface area (Å²) in [7, 11) is 1.45. The van der Waals surface area contributed by atoms with Gasteiger partial charge < -0.3 is 10.1 Å². The number of anilines is 2. The van der Waals surface area contributed by atoms with E-state index in [2.05, 4.69) is 15.5 Å². The van der Waals surface area contributed by atoms with Gasteiger partial charge in [0, 0.05) is 55.4 Å². The lowest BCUT2D eigenvalue weighted by Gasteiger charge is -2.32. The molecule has 2 aliphatic rings. The van der Waals surface area contributed by atoms with Gasteiger partial charge in [-0.3, -0.25) is 29.4 Å². The average molecular weight is 621 g/mol. The predicted octanol–water partition coefficient (Wildman–Crippen LogP) is 5.60. The summed E-state index contributed by atoms with van der Waals surface area (Å²) in [6.45, 7) is 2.78. The van der Waals surface area contributed by atoms with Gasteiger partial charge in [0.2, 0.25) is 5.91 Å². The molecule has 13 heteroatoms. The van der Waals surface area contributed by atoms with Gasteiger partial charge in [0.15, 0.2) is 0 Å². The molecule has 2 N–H and O–H groups in total. The molecule has 0 saturated carbocycles. The molecule has 3 aromatic carbocycles. The summed E-state index contributed by atoms with van der Waals surface area (Å²) in [5.41, 5.74) is 1.62. The van der Waals surface area contributed by atoms with E-state index in [1.807, 2.05) is 41.2 Å². The zero-order valence-corrected chi connectivity index (χ0v) is 24.4. The molecule has 4 aromatic rings. The fraction of sp³-hybridized carbons (Fsp3) is 0.312. The molecule has 0 radical (unpaired) electrons. The van der Waals surface area contributed by atoms with Gasteiger partial charge in [0.25, 0.3) is 5.91 Å². The van der Waals surface area contributed by atoms with Gasteiger partial charge in [-0.25, -0.2) is 4.79 Å². The van der Waals surface area contributed by atoms with Crippen LogP contribution in [-0.2, 0) is 17.5 Å². The van der Waals surface area contributed by atoms with Crippen LogP contribution in [0.2, 0.25) is 0 Å². The first-order chi connectivity index (χ1) is 21.6. The Labute approximate surface area is 256 Å². The van der Waals surface area contributed by atoms with Crippen molar-refractivity contribution in [2.45, 2.75) is 38.0 Å². The third-order valence-electron chi connectivity index (χ3n) is 8.21. The third-order valence-corrected chi connectivity index (χ3v) is 8.21. The molecule has 6 rings (SSSR count). The van der Waals surface area contributed by atoms with Crippen LogP contribution in [0.5, 0.6) is 5.75 Å². The number of rotatable bonds is 7. The van der Waals surface area contributed by atoms with Gasteiger partial charge in [-0.2, -0.15) is 18.3 Å². The number of urea groups is 1. The number of carbonyl (C=O) groups is 3. The highest BCUT2D eigenvalue weighted by atomic mass is 19.4. The molecule has 234 valence electrons. The molecule has 3 heterocycles. The van der Waals surface area contributed by atoms with E-state index in [9.17, 15) is 27.6 Å². The summed E-state index contributed by atoms with van der Waals surface area (Å²) < 4.78 is 47.0. The number of ether oxygens (including phenoxy) is 1. The Morgan fingerprint density at radius 1 is 1.04 bits per heavy atom. The van der Waals surface area contributed by atoms with Gasteiger partial charge in [-0.15, -0.1) is 0 Å². The Morgan fingerprint density at radius 2 is 1.80 bits per heavy atom. The van der Waals surface area contributed by atoms with E-state index in [0.29, 0.717) is 23.5 Å². The summed E-state index contributed by atoms with van der Waals surface area (Å²) in [5, 5.41) is 10.6. The van der Waals surface area contributed by atoms with Crippen molar-refractivity contribution in [1.29, 1.82) is 0 Å². The first-order valence-electron chi connectivity index (χ1n) is 14.6.